The smallest absolute Gasteiger partial charge is 0.0685 e. The van der Waals surface area contributed by atoms with E-state index in [4.69, 9.17) is 17.3 Å². The summed E-state index contributed by atoms with van der Waals surface area (Å²) < 4.78 is 1.94. The monoisotopic (exact) mass is 235 g/mol. The lowest BCUT2D eigenvalue weighted by Crippen LogP contribution is -2.03. The number of halogens is 1. The highest BCUT2D eigenvalue weighted by atomic mass is 35.5. The first-order valence-corrected chi connectivity index (χ1v) is 5.64. The summed E-state index contributed by atoms with van der Waals surface area (Å²) >= 11 is 6.02. The van der Waals surface area contributed by atoms with Crippen molar-refractivity contribution in [3.05, 3.63) is 41.0 Å². The summed E-state index contributed by atoms with van der Waals surface area (Å²) in [6, 6.07) is 7.74. The number of hydrogen-bond donors (Lipinski definition) is 1. The molecule has 0 aliphatic carbocycles. The minimum atomic E-state index is 0.501. The average molecular weight is 236 g/mol. The van der Waals surface area contributed by atoms with E-state index in [1.165, 1.54) is 0 Å². The molecular formula is C12H14ClN3. The maximum absolute atomic E-state index is 6.02. The van der Waals surface area contributed by atoms with Crippen molar-refractivity contribution in [2.45, 2.75) is 20.0 Å². The van der Waals surface area contributed by atoms with Crippen LogP contribution in [-0.2, 0) is 13.1 Å². The molecule has 1 aromatic carbocycles. The molecule has 0 aliphatic rings. The van der Waals surface area contributed by atoms with E-state index >= 15 is 0 Å². The van der Waals surface area contributed by atoms with Crippen LogP contribution in [0.5, 0.6) is 0 Å². The number of aromatic nitrogens is 2. The summed E-state index contributed by atoms with van der Waals surface area (Å²) in [5.41, 5.74) is 8.93. The number of hydrogen-bond acceptors (Lipinski definition) is 2. The molecule has 2 rings (SSSR count). The van der Waals surface area contributed by atoms with E-state index < -0.39 is 0 Å². The van der Waals surface area contributed by atoms with E-state index in [1.807, 2.05) is 28.9 Å². The Hall–Kier alpha value is -1.32. The zero-order chi connectivity index (χ0) is 11.5. The topological polar surface area (TPSA) is 43.8 Å². The van der Waals surface area contributed by atoms with E-state index in [-0.39, 0.29) is 0 Å². The molecule has 0 fully saturated rings. The second-order valence-corrected chi connectivity index (χ2v) is 3.97. The number of nitrogens with two attached hydrogens (primary N) is 1. The molecule has 0 aliphatic heterocycles. The lowest BCUT2D eigenvalue weighted by molar-refractivity contribution is 0.666. The molecule has 0 radical (unpaired) electrons. The van der Waals surface area contributed by atoms with Gasteiger partial charge in [0.05, 0.1) is 5.69 Å². The molecular weight excluding hydrogens is 222 g/mol. The summed E-state index contributed by atoms with van der Waals surface area (Å²) in [5, 5.41) is 4.97. The molecule has 0 unspecified atom stereocenters. The molecule has 1 heterocycles. The fraction of sp³-hybridized carbons (Fsp3) is 0.250. The van der Waals surface area contributed by atoms with Gasteiger partial charge >= 0.3 is 0 Å². The summed E-state index contributed by atoms with van der Waals surface area (Å²) in [4.78, 5) is 0. The van der Waals surface area contributed by atoms with Gasteiger partial charge in [-0.25, -0.2) is 0 Å². The molecule has 2 N–H and O–H groups in total. The maximum atomic E-state index is 6.02. The Bertz CT molecular complexity index is 491. The SMILES string of the molecule is CCn1nccc1-c1cc(Cl)ccc1CN. The van der Waals surface area contributed by atoms with Crippen LogP contribution in [0.15, 0.2) is 30.5 Å². The van der Waals surface area contributed by atoms with Crippen molar-refractivity contribution in [3.63, 3.8) is 0 Å². The van der Waals surface area contributed by atoms with E-state index in [2.05, 4.69) is 12.0 Å². The van der Waals surface area contributed by atoms with E-state index in [0.29, 0.717) is 6.54 Å². The number of nitrogens with zero attached hydrogens (tertiary/aromatic N) is 2. The van der Waals surface area contributed by atoms with Gasteiger partial charge in [0.1, 0.15) is 0 Å². The van der Waals surface area contributed by atoms with Gasteiger partial charge in [0, 0.05) is 29.9 Å². The standard InChI is InChI=1S/C12H14ClN3/c1-2-16-12(5-6-15-16)11-7-10(13)4-3-9(11)8-14/h3-7H,2,8,14H2,1H3. The molecule has 0 spiro atoms. The third-order valence-electron chi connectivity index (χ3n) is 2.58. The van der Waals surface area contributed by atoms with Crippen molar-refractivity contribution >= 4 is 11.6 Å². The highest BCUT2D eigenvalue weighted by Crippen LogP contribution is 2.26. The van der Waals surface area contributed by atoms with Crippen molar-refractivity contribution < 1.29 is 0 Å². The molecule has 0 amide bonds. The minimum Gasteiger partial charge on any atom is -0.326 e. The lowest BCUT2D eigenvalue weighted by atomic mass is 10.0. The van der Waals surface area contributed by atoms with Gasteiger partial charge in [0.25, 0.3) is 0 Å². The van der Waals surface area contributed by atoms with Crippen LogP contribution in [0.1, 0.15) is 12.5 Å². The van der Waals surface area contributed by atoms with Crippen LogP contribution >= 0.6 is 11.6 Å². The summed E-state index contributed by atoms with van der Waals surface area (Å²) in [6.07, 6.45) is 1.79. The zero-order valence-electron chi connectivity index (χ0n) is 9.15. The molecule has 1 aromatic heterocycles. The number of rotatable bonds is 3. The fourth-order valence-electron chi connectivity index (χ4n) is 1.78. The van der Waals surface area contributed by atoms with Crippen molar-refractivity contribution in [2.75, 3.05) is 0 Å². The van der Waals surface area contributed by atoms with Crippen molar-refractivity contribution in [2.24, 2.45) is 5.73 Å². The largest absolute Gasteiger partial charge is 0.326 e. The Morgan fingerprint density at radius 3 is 2.88 bits per heavy atom. The highest BCUT2D eigenvalue weighted by molar-refractivity contribution is 6.30. The van der Waals surface area contributed by atoms with Gasteiger partial charge in [0.15, 0.2) is 0 Å². The normalized spacial score (nSPS) is 10.7. The molecule has 0 saturated carbocycles. The molecule has 0 atom stereocenters. The van der Waals surface area contributed by atoms with Gasteiger partial charge in [-0.3, -0.25) is 4.68 Å². The second-order valence-electron chi connectivity index (χ2n) is 3.54. The quantitative estimate of drug-likeness (QED) is 0.889. The lowest BCUT2D eigenvalue weighted by Gasteiger charge is -2.10. The predicted molar refractivity (Wildman–Crippen MR) is 66.2 cm³/mol. The highest BCUT2D eigenvalue weighted by Gasteiger charge is 2.09. The first-order chi connectivity index (χ1) is 7.76. The Morgan fingerprint density at radius 1 is 1.38 bits per heavy atom. The first-order valence-electron chi connectivity index (χ1n) is 5.27. The van der Waals surface area contributed by atoms with Crippen LogP contribution in [0.3, 0.4) is 0 Å². The van der Waals surface area contributed by atoms with Gasteiger partial charge in [-0.05, 0) is 30.7 Å². The Labute approximate surface area is 99.8 Å². The Kier molecular flexibility index (Phi) is 3.27. The van der Waals surface area contributed by atoms with E-state index in [1.54, 1.807) is 6.20 Å². The summed E-state index contributed by atoms with van der Waals surface area (Å²) in [6.45, 7) is 3.39. The van der Waals surface area contributed by atoms with Crippen LogP contribution in [0.25, 0.3) is 11.3 Å². The predicted octanol–water partition coefficient (Wildman–Crippen LogP) is 2.68. The first kappa shape index (κ1) is 11.2. The third-order valence-corrected chi connectivity index (χ3v) is 2.82. The zero-order valence-corrected chi connectivity index (χ0v) is 9.91. The number of benzene rings is 1. The minimum absolute atomic E-state index is 0.501. The van der Waals surface area contributed by atoms with Crippen LogP contribution in [0.2, 0.25) is 5.02 Å². The molecule has 3 nitrogen and oxygen atoms in total. The van der Waals surface area contributed by atoms with Crippen LogP contribution < -0.4 is 5.73 Å². The Morgan fingerprint density at radius 2 is 2.19 bits per heavy atom. The van der Waals surface area contributed by atoms with Crippen LogP contribution in [0, 0.1) is 0 Å². The van der Waals surface area contributed by atoms with Gasteiger partial charge in [-0.2, -0.15) is 5.10 Å². The van der Waals surface area contributed by atoms with Crippen LogP contribution in [-0.4, -0.2) is 9.78 Å². The molecule has 0 saturated heterocycles. The van der Waals surface area contributed by atoms with Gasteiger partial charge < -0.3 is 5.73 Å². The van der Waals surface area contributed by atoms with Crippen molar-refractivity contribution in [1.82, 2.24) is 9.78 Å². The fourth-order valence-corrected chi connectivity index (χ4v) is 1.95. The average Bonchev–Trinajstić information content (AvgIpc) is 2.76. The summed E-state index contributed by atoms with van der Waals surface area (Å²) in [7, 11) is 0. The van der Waals surface area contributed by atoms with E-state index in [9.17, 15) is 0 Å². The number of aryl methyl sites for hydroxylation is 1. The van der Waals surface area contributed by atoms with Crippen molar-refractivity contribution in [1.29, 1.82) is 0 Å². The van der Waals surface area contributed by atoms with Crippen molar-refractivity contribution in [3.8, 4) is 11.3 Å². The molecule has 2 aromatic rings. The molecule has 4 heteroatoms. The van der Waals surface area contributed by atoms with Gasteiger partial charge in [0.2, 0.25) is 0 Å². The second kappa shape index (κ2) is 4.68. The molecule has 84 valence electrons. The van der Waals surface area contributed by atoms with Gasteiger partial charge in [-0.15, -0.1) is 0 Å². The third kappa shape index (κ3) is 1.96. The van der Waals surface area contributed by atoms with Gasteiger partial charge in [-0.1, -0.05) is 17.7 Å². The van der Waals surface area contributed by atoms with E-state index in [0.717, 1.165) is 28.4 Å². The Balaban J connectivity index is 2.58. The van der Waals surface area contributed by atoms with Crippen LogP contribution in [0.4, 0.5) is 0 Å². The molecule has 0 bridgehead atoms. The molecule has 16 heavy (non-hydrogen) atoms. The maximum Gasteiger partial charge on any atom is 0.0685 e. The summed E-state index contributed by atoms with van der Waals surface area (Å²) in [5.74, 6) is 0.